The van der Waals surface area contributed by atoms with Crippen LogP contribution in [0.4, 0.5) is 11.5 Å². The lowest BCUT2D eigenvalue weighted by Crippen LogP contribution is -2.19. The Labute approximate surface area is 85.3 Å². The molecule has 0 atom stereocenters. The Morgan fingerprint density at radius 1 is 1.57 bits per heavy atom. The smallest absolute Gasteiger partial charge is 0.128 e. The minimum Gasteiger partial charge on any atom is -0.397 e. The number of nitrogens with zero attached hydrogens (tertiary/aromatic N) is 2. The fourth-order valence-electron chi connectivity index (χ4n) is 1.21. The van der Waals surface area contributed by atoms with E-state index >= 15 is 0 Å². The Balaban J connectivity index is 2.47. The SMILES string of the molecule is C=CCCCN(C)c1ccc(N)cn1. The summed E-state index contributed by atoms with van der Waals surface area (Å²) in [5.41, 5.74) is 6.26. The Kier molecular flexibility index (Phi) is 3.98. The van der Waals surface area contributed by atoms with Gasteiger partial charge < -0.3 is 10.6 Å². The highest BCUT2D eigenvalue weighted by molar-refractivity contribution is 5.45. The highest BCUT2D eigenvalue weighted by Gasteiger charge is 2.00. The molecule has 0 saturated heterocycles. The zero-order valence-electron chi connectivity index (χ0n) is 8.61. The molecule has 0 amide bonds. The number of aromatic nitrogens is 1. The molecule has 1 aromatic heterocycles. The van der Waals surface area contributed by atoms with Crippen molar-refractivity contribution in [1.29, 1.82) is 0 Å². The van der Waals surface area contributed by atoms with Gasteiger partial charge in [0.25, 0.3) is 0 Å². The summed E-state index contributed by atoms with van der Waals surface area (Å²) < 4.78 is 0. The zero-order valence-corrected chi connectivity index (χ0v) is 8.61. The van der Waals surface area contributed by atoms with E-state index in [9.17, 15) is 0 Å². The first-order valence-electron chi connectivity index (χ1n) is 4.77. The number of anilines is 2. The number of allylic oxidation sites excluding steroid dienone is 1. The molecule has 0 bridgehead atoms. The second-order valence-electron chi connectivity index (χ2n) is 3.30. The molecule has 14 heavy (non-hydrogen) atoms. The van der Waals surface area contributed by atoms with E-state index in [0.717, 1.165) is 25.2 Å². The van der Waals surface area contributed by atoms with Gasteiger partial charge in [-0.3, -0.25) is 0 Å². The van der Waals surface area contributed by atoms with E-state index in [0.29, 0.717) is 5.69 Å². The fraction of sp³-hybridized carbons (Fsp3) is 0.364. The van der Waals surface area contributed by atoms with Crippen molar-refractivity contribution >= 4 is 11.5 Å². The molecule has 76 valence electrons. The van der Waals surface area contributed by atoms with Crippen molar-refractivity contribution in [1.82, 2.24) is 4.98 Å². The Bertz CT molecular complexity index is 279. The van der Waals surface area contributed by atoms with Crippen LogP contribution in [0.1, 0.15) is 12.8 Å². The highest BCUT2D eigenvalue weighted by Crippen LogP contribution is 2.10. The van der Waals surface area contributed by atoms with Gasteiger partial charge in [-0.05, 0) is 25.0 Å². The molecule has 1 aromatic rings. The van der Waals surface area contributed by atoms with Crippen molar-refractivity contribution in [3.63, 3.8) is 0 Å². The third kappa shape index (κ3) is 3.09. The molecule has 0 spiro atoms. The van der Waals surface area contributed by atoms with Gasteiger partial charge in [-0.15, -0.1) is 6.58 Å². The number of hydrogen-bond acceptors (Lipinski definition) is 3. The summed E-state index contributed by atoms with van der Waals surface area (Å²) in [5.74, 6) is 0.961. The summed E-state index contributed by atoms with van der Waals surface area (Å²) in [6, 6.07) is 3.80. The van der Waals surface area contributed by atoms with Gasteiger partial charge in [-0.2, -0.15) is 0 Å². The molecule has 1 rings (SSSR count). The Morgan fingerprint density at radius 2 is 2.36 bits per heavy atom. The molecule has 1 heterocycles. The van der Waals surface area contributed by atoms with Crippen LogP contribution in [0.2, 0.25) is 0 Å². The number of nitrogens with two attached hydrogens (primary N) is 1. The lowest BCUT2D eigenvalue weighted by Gasteiger charge is -2.17. The molecule has 3 heteroatoms. The highest BCUT2D eigenvalue weighted by atomic mass is 15.2. The van der Waals surface area contributed by atoms with Crippen molar-refractivity contribution in [2.24, 2.45) is 0 Å². The van der Waals surface area contributed by atoms with Crippen LogP contribution < -0.4 is 10.6 Å². The second-order valence-corrected chi connectivity index (χ2v) is 3.30. The average molecular weight is 191 g/mol. The minimum atomic E-state index is 0.702. The molecule has 0 aliphatic carbocycles. The van der Waals surface area contributed by atoms with Crippen LogP contribution in [-0.2, 0) is 0 Å². The summed E-state index contributed by atoms with van der Waals surface area (Å²) in [5, 5.41) is 0. The summed E-state index contributed by atoms with van der Waals surface area (Å²) in [7, 11) is 2.03. The maximum absolute atomic E-state index is 5.55. The van der Waals surface area contributed by atoms with Crippen LogP contribution in [0, 0.1) is 0 Å². The quantitative estimate of drug-likeness (QED) is 0.572. The van der Waals surface area contributed by atoms with Crippen molar-refractivity contribution in [3.05, 3.63) is 31.0 Å². The number of pyridine rings is 1. The third-order valence-electron chi connectivity index (χ3n) is 2.06. The first-order valence-corrected chi connectivity index (χ1v) is 4.77. The van der Waals surface area contributed by atoms with Crippen LogP contribution in [0.15, 0.2) is 31.0 Å². The molecule has 0 aliphatic heterocycles. The van der Waals surface area contributed by atoms with Crippen molar-refractivity contribution in [2.75, 3.05) is 24.2 Å². The molecular weight excluding hydrogens is 174 g/mol. The molecule has 3 nitrogen and oxygen atoms in total. The van der Waals surface area contributed by atoms with E-state index in [1.807, 2.05) is 25.3 Å². The molecule has 0 radical (unpaired) electrons. The van der Waals surface area contributed by atoms with Crippen LogP contribution in [0.5, 0.6) is 0 Å². The van der Waals surface area contributed by atoms with E-state index in [-0.39, 0.29) is 0 Å². The summed E-state index contributed by atoms with van der Waals surface area (Å²) in [6.45, 7) is 4.68. The lowest BCUT2D eigenvalue weighted by atomic mass is 10.3. The standard InChI is InChI=1S/C11H17N3/c1-3-4-5-8-14(2)11-7-6-10(12)9-13-11/h3,6-7,9H,1,4-5,8,12H2,2H3. The van der Waals surface area contributed by atoms with Gasteiger partial charge in [0, 0.05) is 13.6 Å². The van der Waals surface area contributed by atoms with E-state index < -0.39 is 0 Å². The number of nitrogen functional groups attached to an aromatic ring is 1. The number of unbranched alkanes of at least 4 members (excludes halogenated alkanes) is 1. The first kappa shape index (κ1) is 10.6. The van der Waals surface area contributed by atoms with Crippen LogP contribution in [0.25, 0.3) is 0 Å². The number of rotatable bonds is 5. The van der Waals surface area contributed by atoms with Gasteiger partial charge in [-0.1, -0.05) is 6.08 Å². The Morgan fingerprint density at radius 3 is 2.93 bits per heavy atom. The molecular formula is C11H17N3. The van der Waals surface area contributed by atoms with E-state index in [1.54, 1.807) is 6.20 Å². The van der Waals surface area contributed by atoms with Crippen molar-refractivity contribution < 1.29 is 0 Å². The summed E-state index contributed by atoms with van der Waals surface area (Å²) in [6.07, 6.45) is 5.76. The summed E-state index contributed by atoms with van der Waals surface area (Å²) in [4.78, 5) is 6.35. The lowest BCUT2D eigenvalue weighted by molar-refractivity contribution is 0.792. The monoisotopic (exact) mass is 191 g/mol. The minimum absolute atomic E-state index is 0.702. The zero-order chi connectivity index (χ0) is 10.4. The predicted molar refractivity (Wildman–Crippen MR) is 61.4 cm³/mol. The third-order valence-corrected chi connectivity index (χ3v) is 2.06. The van der Waals surface area contributed by atoms with Crippen molar-refractivity contribution in [3.8, 4) is 0 Å². The van der Waals surface area contributed by atoms with Crippen LogP contribution >= 0.6 is 0 Å². The van der Waals surface area contributed by atoms with Gasteiger partial charge in [0.15, 0.2) is 0 Å². The van der Waals surface area contributed by atoms with Gasteiger partial charge in [0.2, 0.25) is 0 Å². The van der Waals surface area contributed by atoms with E-state index in [4.69, 9.17) is 5.73 Å². The maximum Gasteiger partial charge on any atom is 0.128 e. The first-order chi connectivity index (χ1) is 6.74. The average Bonchev–Trinajstić information content (AvgIpc) is 2.19. The largest absolute Gasteiger partial charge is 0.397 e. The second kappa shape index (κ2) is 5.27. The Hall–Kier alpha value is -1.51. The van der Waals surface area contributed by atoms with E-state index in [2.05, 4.69) is 16.5 Å². The van der Waals surface area contributed by atoms with Gasteiger partial charge in [-0.25, -0.2) is 4.98 Å². The molecule has 0 aliphatic rings. The van der Waals surface area contributed by atoms with Gasteiger partial charge in [0.1, 0.15) is 5.82 Å². The van der Waals surface area contributed by atoms with Crippen LogP contribution in [-0.4, -0.2) is 18.6 Å². The van der Waals surface area contributed by atoms with Gasteiger partial charge >= 0.3 is 0 Å². The molecule has 0 unspecified atom stereocenters. The maximum atomic E-state index is 5.55. The summed E-state index contributed by atoms with van der Waals surface area (Å²) >= 11 is 0. The molecule has 0 saturated carbocycles. The molecule has 0 fully saturated rings. The topological polar surface area (TPSA) is 42.1 Å². The predicted octanol–water partition coefficient (Wildman–Crippen LogP) is 2.07. The van der Waals surface area contributed by atoms with Crippen LogP contribution in [0.3, 0.4) is 0 Å². The van der Waals surface area contributed by atoms with Gasteiger partial charge in [0.05, 0.1) is 11.9 Å². The van der Waals surface area contributed by atoms with Crippen molar-refractivity contribution in [2.45, 2.75) is 12.8 Å². The normalized spacial score (nSPS) is 9.79. The molecule has 0 aromatic carbocycles. The van der Waals surface area contributed by atoms with E-state index in [1.165, 1.54) is 0 Å². The molecule has 2 N–H and O–H groups in total. The number of hydrogen-bond donors (Lipinski definition) is 1. The fourth-order valence-corrected chi connectivity index (χ4v) is 1.21.